The first kappa shape index (κ1) is 25.2. The standard InChI is InChI=1S/C26H29N5O4/c1-18(32)29-21-12-14-22(15-13-21)30-24(33)31(26(2,3)4)35-25(34)28-17-27-16-20-10-7-9-19-8-5-6-11-23(19)20/h5-15,17H,16H2,1-4H3,(H,29,32)(H,30,33)(H,27,28,34). The molecule has 0 atom stereocenters. The maximum Gasteiger partial charge on any atom is 0.436 e. The smallest absolute Gasteiger partial charge is 0.326 e. The van der Waals surface area contributed by atoms with Crippen molar-refractivity contribution in [2.75, 3.05) is 10.6 Å². The summed E-state index contributed by atoms with van der Waals surface area (Å²) in [4.78, 5) is 45.8. The van der Waals surface area contributed by atoms with Crippen molar-refractivity contribution in [3.63, 3.8) is 0 Å². The summed E-state index contributed by atoms with van der Waals surface area (Å²) in [5.74, 6) is -0.194. The highest BCUT2D eigenvalue weighted by Crippen LogP contribution is 2.20. The Morgan fingerprint density at radius 1 is 0.914 bits per heavy atom. The van der Waals surface area contributed by atoms with Crippen molar-refractivity contribution < 1.29 is 19.2 Å². The number of hydrogen-bond acceptors (Lipinski definition) is 5. The number of hydrogen-bond donors (Lipinski definition) is 3. The van der Waals surface area contributed by atoms with Crippen molar-refractivity contribution >= 4 is 46.5 Å². The number of urea groups is 1. The molecular weight excluding hydrogens is 446 g/mol. The van der Waals surface area contributed by atoms with Gasteiger partial charge in [-0.2, -0.15) is 0 Å². The fourth-order valence-electron chi connectivity index (χ4n) is 3.28. The Hall–Kier alpha value is -4.40. The van der Waals surface area contributed by atoms with Gasteiger partial charge in [0.25, 0.3) is 0 Å². The number of carbonyl (C=O) groups is 3. The Morgan fingerprint density at radius 2 is 1.54 bits per heavy atom. The van der Waals surface area contributed by atoms with Crippen LogP contribution in [0.25, 0.3) is 10.8 Å². The number of fused-ring (bicyclic) bond motifs is 1. The molecule has 0 saturated carbocycles. The van der Waals surface area contributed by atoms with Gasteiger partial charge in [-0.05, 0) is 61.4 Å². The first-order chi connectivity index (χ1) is 16.6. The number of rotatable bonds is 5. The van der Waals surface area contributed by atoms with Gasteiger partial charge in [0.05, 0.1) is 18.4 Å². The van der Waals surface area contributed by atoms with Crippen LogP contribution in [0.4, 0.5) is 21.0 Å². The molecule has 3 aromatic rings. The lowest BCUT2D eigenvalue weighted by molar-refractivity contribution is -0.114. The zero-order valence-electron chi connectivity index (χ0n) is 20.2. The van der Waals surface area contributed by atoms with Crippen molar-refractivity contribution in [1.82, 2.24) is 10.4 Å². The van der Waals surface area contributed by atoms with Gasteiger partial charge in [0.2, 0.25) is 5.91 Å². The van der Waals surface area contributed by atoms with Crippen molar-refractivity contribution in [2.45, 2.75) is 39.8 Å². The fourth-order valence-corrected chi connectivity index (χ4v) is 3.28. The first-order valence-electron chi connectivity index (χ1n) is 11.1. The highest BCUT2D eigenvalue weighted by Gasteiger charge is 2.31. The fraction of sp³-hybridized carbons (Fsp3) is 0.231. The molecule has 3 rings (SSSR count). The molecule has 182 valence electrons. The molecule has 0 saturated heterocycles. The summed E-state index contributed by atoms with van der Waals surface area (Å²) in [7, 11) is 0. The second-order valence-electron chi connectivity index (χ2n) is 8.79. The van der Waals surface area contributed by atoms with Crippen LogP contribution in [0.5, 0.6) is 0 Å². The van der Waals surface area contributed by atoms with E-state index in [-0.39, 0.29) is 5.91 Å². The monoisotopic (exact) mass is 475 g/mol. The minimum Gasteiger partial charge on any atom is -0.326 e. The number of anilines is 2. The summed E-state index contributed by atoms with van der Waals surface area (Å²) in [5, 5.41) is 10.9. The van der Waals surface area contributed by atoms with Crippen LogP contribution in [-0.4, -0.2) is 35.0 Å². The maximum absolute atomic E-state index is 12.8. The summed E-state index contributed by atoms with van der Waals surface area (Å²) in [5.41, 5.74) is 1.27. The van der Waals surface area contributed by atoms with E-state index < -0.39 is 17.7 Å². The van der Waals surface area contributed by atoms with Crippen molar-refractivity contribution in [1.29, 1.82) is 0 Å². The van der Waals surface area contributed by atoms with E-state index in [1.54, 1.807) is 45.0 Å². The summed E-state index contributed by atoms with van der Waals surface area (Å²) in [6.45, 7) is 6.98. The van der Waals surface area contributed by atoms with E-state index in [1.807, 2.05) is 42.5 Å². The molecule has 0 radical (unpaired) electrons. The molecule has 0 aromatic heterocycles. The third-order valence-electron chi connectivity index (χ3n) is 4.84. The number of nitrogens with one attached hydrogen (secondary N) is 3. The molecule has 0 fully saturated rings. The van der Waals surface area contributed by atoms with Gasteiger partial charge < -0.3 is 15.5 Å². The van der Waals surface area contributed by atoms with E-state index in [9.17, 15) is 14.4 Å². The second-order valence-corrected chi connectivity index (χ2v) is 8.79. The zero-order valence-corrected chi connectivity index (χ0v) is 20.2. The number of nitrogens with zero attached hydrogens (tertiary/aromatic N) is 2. The Labute approximate surface area is 204 Å². The molecule has 3 N–H and O–H groups in total. The van der Waals surface area contributed by atoms with Crippen LogP contribution in [0.3, 0.4) is 0 Å². The third kappa shape index (κ3) is 7.29. The predicted molar refractivity (Wildman–Crippen MR) is 137 cm³/mol. The third-order valence-corrected chi connectivity index (χ3v) is 4.84. The van der Waals surface area contributed by atoms with Crippen LogP contribution in [-0.2, 0) is 16.2 Å². The molecule has 0 aliphatic heterocycles. The summed E-state index contributed by atoms with van der Waals surface area (Å²) in [6.07, 6.45) is 0.404. The Balaban J connectivity index is 1.58. The number of benzene rings is 3. The Bertz CT molecular complexity index is 1230. The number of carbonyl (C=O) groups excluding carboxylic acids is 3. The second kappa shape index (κ2) is 11.1. The van der Waals surface area contributed by atoms with Crippen LogP contribution in [0.15, 0.2) is 71.7 Å². The summed E-state index contributed by atoms with van der Waals surface area (Å²) < 4.78 is 0. The summed E-state index contributed by atoms with van der Waals surface area (Å²) in [6, 6.07) is 19.9. The Morgan fingerprint density at radius 3 is 2.20 bits per heavy atom. The van der Waals surface area contributed by atoms with E-state index >= 15 is 0 Å². The van der Waals surface area contributed by atoms with E-state index in [0.717, 1.165) is 21.4 Å². The van der Waals surface area contributed by atoms with Crippen LogP contribution < -0.4 is 16.0 Å². The van der Waals surface area contributed by atoms with Gasteiger partial charge in [-0.15, -0.1) is 5.06 Å². The van der Waals surface area contributed by atoms with Gasteiger partial charge >= 0.3 is 12.1 Å². The lowest BCUT2D eigenvalue weighted by atomic mass is 10.1. The Kier molecular flexibility index (Phi) is 8.04. The average molecular weight is 476 g/mol. The molecule has 9 heteroatoms. The number of hydroxylamine groups is 2. The first-order valence-corrected chi connectivity index (χ1v) is 11.1. The van der Waals surface area contributed by atoms with Crippen LogP contribution in [0.2, 0.25) is 0 Å². The quantitative estimate of drug-likeness (QED) is 0.264. The lowest BCUT2D eigenvalue weighted by Gasteiger charge is -2.32. The van der Waals surface area contributed by atoms with E-state index in [1.165, 1.54) is 13.3 Å². The normalized spacial score (nSPS) is 11.2. The largest absolute Gasteiger partial charge is 0.436 e. The number of amides is 4. The molecule has 0 spiro atoms. The highest BCUT2D eigenvalue weighted by molar-refractivity contribution is 5.92. The lowest BCUT2D eigenvalue weighted by Crippen LogP contribution is -2.50. The van der Waals surface area contributed by atoms with Crippen LogP contribution >= 0.6 is 0 Å². The number of aliphatic imine (C=N–C) groups is 1. The maximum atomic E-state index is 12.8. The molecule has 4 amide bonds. The molecule has 0 aliphatic carbocycles. The van der Waals surface area contributed by atoms with Gasteiger partial charge in [0, 0.05) is 18.3 Å². The molecule has 9 nitrogen and oxygen atoms in total. The average Bonchev–Trinajstić information content (AvgIpc) is 2.80. The van der Waals surface area contributed by atoms with Gasteiger partial charge in [0.1, 0.15) is 0 Å². The van der Waals surface area contributed by atoms with Crippen molar-refractivity contribution in [3.05, 3.63) is 72.3 Å². The molecule has 0 bridgehead atoms. The molecule has 0 aliphatic rings. The van der Waals surface area contributed by atoms with Crippen LogP contribution in [0.1, 0.15) is 33.3 Å². The molecule has 0 unspecified atom stereocenters. The van der Waals surface area contributed by atoms with Gasteiger partial charge in [0.15, 0.2) is 0 Å². The van der Waals surface area contributed by atoms with E-state index in [2.05, 4.69) is 20.9 Å². The van der Waals surface area contributed by atoms with Gasteiger partial charge in [-0.25, -0.2) is 9.59 Å². The predicted octanol–water partition coefficient (Wildman–Crippen LogP) is 5.30. The van der Waals surface area contributed by atoms with Crippen molar-refractivity contribution in [2.24, 2.45) is 4.99 Å². The molecule has 35 heavy (non-hydrogen) atoms. The zero-order chi connectivity index (χ0) is 25.4. The van der Waals surface area contributed by atoms with E-state index in [0.29, 0.717) is 17.9 Å². The molecular formula is C26H29N5O4. The minimum absolute atomic E-state index is 0.194. The van der Waals surface area contributed by atoms with Crippen molar-refractivity contribution in [3.8, 4) is 0 Å². The van der Waals surface area contributed by atoms with Gasteiger partial charge in [-0.1, -0.05) is 42.5 Å². The molecule has 3 aromatic carbocycles. The van der Waals surface area contributed by atoms with Crippen LogP contribution in [0, 0.1) is 0 Å². The highest BCUT2D eigenvalue weighted by atomic mass is 16.7. The SMILES string of the molecule is CC(=O)Nc1ccc(NC(=O)N(OC(=O)NC=NCc2cccc3ccccc23)C(C)(C)C)cc1. The summed E-state index contributed by atoms with van der Waals surface area (Å²) >= 11 is 0. The van der Waals surface area contributed by atoms with Gasteiger partial charge in [-0.3, -0.25) is 15.1 Å². The van der Waals surface area contributed by atoms with E-state index in [4.69, 9.17) is 4.84 Å². The topological polar surface area (TPSA) is 112 Å². The molecule has 0 heterocycles. The minimum atomic E-state index is -0.849.